The number of carbonyl (C=O) groups is 1. The number of esters is 1. The van der Waals surface area contributed by atoms with Crippen molar-refractivity contribution in [2.45, 2.75) is 46.1 Å². The van der Waals surface area contributed by atoms with E-state index in [0.29, 0.717) is 32.7 Å². The maximum Gasteiger partial charge on any atom is 0.335 e. The van der Waals surface area contributed by atoms with Crippen molar-refractivity contribution in [1.82, 2.24) is 4.98 Å². The SMILES string of the molecule is CCOC(=O)[C@H](Cc1ccc(OCCc2coc(C3=C(C)CC=S3C)n2)cc1)OCC. The monoisotopic (exact) mass is 445 g/mol. The highest BCUT2D eigenvalue weighted by atomic mass is 32.2. The van der Waals surface area contributed by atoms with Crippen LogP contribution in [0.25, 0.3) is 4.91 Å². The molecule has 0 saturated carbocycles. The molecule has 3 rings (SSSR count). The molecule has 1 unspecified atom stereocenters. The smallest absolute Gasteiger partial charge is 0.335 e. The summed E-state index contributed by atoms with van der Waals surface area (Å²) in [6.07, 6.45) is 5.50. The molecule has 0 aliphatic carbocycles. The minimum absolute atomic E-state index is 0.103. The number of nitrogens with zero attached hydrogens (tertiary/aromatic N) is 1. The van der Waals surface area contributed by atoms with Crippen LogP contribution < -0.4 is 4.74 Å². The summed E-state index contributed by atoms with van der Waals surface area (Å²) >= 11 is 0. The van der Waals surface area contributed by atoms with Crippen molar-refractivity contribution in [3.8, 4) is 5.75 Å². The van der Waals surface area contributed by atoms with E-state index in [1.165, 1.54) is 10.5 Å². The van der Waals surface area contributed by atoms with Crippen LogP contribution in [-0.2, 0) is 27.1 Å². The molecule has 1 aliphatic heterocycles. The molecule has 2 atom stereocenters. The Morgan fingerprint density at radius 3 is 2.65 bits per heavy atom. The van der Waals surface area contributed by atoms with Crippen LogP contribution in [0.4, 0.5) is 0 Å². The Kier molecular flexibility index (Phi) is 8.49. The van der Waals surface area contributed by atoms with E-state index in [0.717, 1.165) is 29.3 Å². The Bertz CT molecular complexity index is 945. The average molecular weight is 446 g/mol. The molecular weight excluding hydrogens is 414 g/mol. The number of carbonyl (C=O) groups excluding carboxylic acids is 1. The van der Waals surface area contributed by atoms with Gasteiger partial charge in [-0.1, -0.05) is 23.1 Å². The number of allylic oxidation sites excluding steroid dienone is 1. The van der Waals surface area contributed by atoms with E-state index in [4.69, 9.17) is 18.6 Å². The molecule has 0 amide bonds. The van der Waals surface area contributed by atoms with E-state index < -0.39 is 6.10 Å². The predicted molar refractivity (Wildman–Crippen MR) is 125 cm³/mol. The van der Waals surface area contributed by atoms with Crippen molar-refractivity contribution < 1.29 is 23.4 Å². The van der Waals surface area contributed by atoms with E-state index in [-0.39, 0.29) is 16.5 Å². The van der Waals surface area contributed by atoms with Crippen LogP contribution >= 0.6 is 10.5 Å². The summed E-state index contributed by atoms with van der Waals surface area (Å²) in [4.78, 5) is 17.9. The molecule has 0 N–H and O–H groups in total. The van der Waals surface area contributed by atoms with E-state index in [1.807, 2.05) is 31.2 Å². The topological polar surface area (TPSA) is 70.8 Å². The van der Waals surface area contributed by atoms with Gasteiger partial charge in [-0.2, -0.15) is 10.5 Å². The number of hydrogen-bond acceptors (Lipinski definition) is 6. The van der Waals surface area contributed by atoms with Gasteiger partial charge in [-0.3, -0.25) is 0 Å². The lowest BCUT2D eigenvalue weighted by Gasteiger charge is -2.15. The molecule has 0 fully saturated rings. The number of aromatic nitrogens is 1. The summed E-state index contributed by atoms with van der Waals surface area (Å²) < 4.78 is 22.2. The summed E-state index contributed by atoms with van der Waals surface area (Å²) in [6, 6.07) is 7.71. The quantitative estimate of drug-likeness (QED) is 0.371. The molecule has 0 spiro atoms. The maximum atomic E-state index is 12.0. The van der Waals surface area contributed by atoms with E-state index in [2.05, 4.69) is 23.5 Å². The third-order valence-electron chi connectivity index (χ3n) is 4.98. The maximum absolute atomic E-state index is 12.0. The molecule has 2 aromatic rings. The van der Waals surface area contributed by atoms with Crippen LogP contribution in [0.1, 0.15) is 44.3 Å². The van der Waals surface area contributed by atoms with Crippen molar-refractivity contribution in [3.63, 3.8) is 0 Å². The van der Waals surface area contributed by atoms with Gasteiger partial charge in [0.2, 0.25) is 5.89 Å². The fourth-order valence-corrected chi connectivity index (χ4v) is 5.07. The normalized spacial score (nSPS) is 16.8. The molecule has 1 aromatic carbocycles. The van der Waals surface area contributed by atoms with Crippen molar-refractivity contribution >= 4 is 26.7 Å². The van der Waals surface area contributed by atoms with Gasteiger partial charge in [-0.15, -0.1) is 0 Å². The van der Waals surface area contributed by atoms with Gasteiger partial charge in [-0.05, 0) is 51.1 Å². The van der Waals surface area contributed by atoms with E-state index in [1.54, 1.807) is 13.2 Å². The second-order valence-electron chi connectivity index (χ2n) is 7.32. The van der Waals surface area contributed by atoms with Crippen molar-refractivity contribution in [3.05, 3.63) is 53.2 Å². The van der Waals surface area contributed by atoms with Crippen LogP contribution in [0, 0.1) is 0 Å². The first-order valence-electron chi connectivity index (χ1n) is 10.6. The predicted octanol–water partition coefficient (Wildman–Crippen LogP) is 4.64. The Balaban J connectivity index is 1.50. The second-order valence-corrected chi connectivity index (χ2v) is 9.18. The second kappa shape index (κ2) is 11.3. The third kappa shape index (κ3) is 6.31. The average Bonchev–Trinajstić information content (AvgIpc) is 3.34. The van der Waals surface area contributed by atoms with Crippen LogP contribution in [0.2, 0.25) is 0 Å². The molecule has 31 heavy (non-hydrogen) atoms. The zero-order valence-corrected chi connectivity index (χ0v) is 19.5. The number of hydrogen-bond donors (Lipinski definition) is 0. The minimum Gasteiger partial charge on any atom is -0.493 e. The van der Waals surface area contributed by atoms with Crippen molar-refractivity contribution in [1.29, 1.82) is 0 Å². The summed E-state index contributed by atoms with van der Waals surface area (Å²) in [6.45, 7) is 7.12. The first-order valence-corrected chi connectivity index (χ1v) is 12.3. The van der Waals surface area contributed by atoms with Crippen LogP contribution in [-0.4, -0.2) is 48.5 Å². The van der Waals surface area contributed by atoms with Gasteiger partial charge >= 0.3 is 5.97 Å². The first-order chi connectivity index (χ1) is 15.0. The van der Waals surface area contributed by atoms with Gasteiger partial charge in [0.1, 0.15) is 12.0 Å². The Morgan fingerprint density at radius 2 is 2.00 bits per heavy atom. The molecule has 1 aromatic heterocycles. The van der Waals surface area contributed by atoms with Crippen molar-refractivity contribution in [2.75, 3.05) is 26.1 Å². The molecule has 0 bridgehead atoms. The zero-order chi connectivity index (χ0) is 22.2. The minimum atomic E-state index is -0.586. The van der Waals surface area contributed by atoms with Gasteiger partial charge in [0.05, 0.1) is 23.8 Å². The molecule has 1 aliphatic rings. The molecular formula is C24H31NO5S. The molecule has 6 nitrogen and oxygen atoms in total. The summed E-state index contributed by atoms with van der Waals surface area (Å²) in [5.41, 5.74) is 3.22. The van der Waals surface area contributed by atoms with Gasteiger partial charge in [0, 0.05) is 19.4 Å². The molecule has 0 radical (unpaired) electrons. The fourth-order valence-electron chi connectivity index (χ4n) is 3.40. The number of ether oxygens (including phenoxy) is 3. The van der Waals surface area contributed by atoms with E-state index >= 15 is 0 Å². The Hall–Kier alpha value is -2.38. The molecule has 0 saturated heterocycles. The highest BCUT2D eigenvalue weighted by Crippen LogP contribution is 2.39. The van der Waals surface area contributed by atoms with Gasteiger partial charge < -0.3 is 18.6 Å². The lowest BCUT2D eigenvalue weighted by atomic mass is 10.1. The lowest BCUT2D eigenvalue weighted by Crippen LogP contribution is -2.28. The number of benzene rings is 1. The van der Waals surface area contributed by atoms with Crippen LogP contribution in [0.15, 0.2) is 40.5 Å². The van der Waals surface area contributed by atoms with Gasteiger partial charge in [0.15, 0.2) is 6.10 Å². The third-order valence-corrected chi connectivity index (χ3v) is 6.82. The van der Waals surface area contributed by atoms with Gasteiger partial charge in [0.25, 0.3) is 0 Å². The Labute approximate surface area is 186 Å². The zero-order valence-electron chi connectivity index (χ0n) is 18.7. The summed E-state index contributed by atoms with van der Waals surface area (Å²) in [5.74, 6) is 1.19. The number of rotatable bonds is 11. The highest BCUT2D eigenvalue weighted by molar-refractivity contribution is 8.22. The van der Waals surface area contributed by atoms with Crippen LogP contribution in [0.5, 0.6) is 5.75 Å². The molecule has 2 heterocycles. The summed E-state index contributed by atoms with van der Waals surface area (Å²) in [5, 5.41) is 2.31. The van der Waals surface area contributed by atoms with Crippen LogP contribution in [0.3, 0.4) is 0 Å². The highest BCUT2D eigenvalue weighted by Gasteiger charge is 2.20. The summed E-state index contributed by atoms with van der Waals surface area (Å²) in [7, 11) is 0.103. The van der Waals surface area contributed by atoms with E-state index in [9.17, 15) is 4.79 Å². The Morgan fingerprint density at radius 1 is 1.23 bits per heavy atom. The first kappa shape index (κ1) is 23.3. The molecule has 7 heteroatoms. The fraction of sp³-hybridized carbons (Fsp3) is 0.458. The van der Waals surface area contributed by atoms with Gasteiger partial charge in [-0.25, -0.2) is 9.78 Å². The standard InChI is InChI=1S/C24H31NO5S/c1-5-27-21(24(26)28-6-2)15-18-7-9-20(10-8-18)29-13-11-19-16-30-23(25-19)22-17(3)12-14-31(22)4/h7-10,14,16,21H,5-6,11-13,15H2,1-4H3/t21-,31?/m0/s1. The lowest BCUT2D eigenvalue weighted by molar-refractivity contribution is -0.156. The largest absolute Gasteiger partial charge is 0.493 e. The van der Waals surface area contributed by atoms with Crippen molar-refractivity contribution in [2.24, 2.45) is 0 Å². The number of oxazole rings is 1. The molecule has 168 valence electrons.